The van der Waals surface area contributed by atoms with E-state index < -0.39 is 0 Å². The molecule has 4 heteroatoms. The highest BCUT2D eigenvalue weighted by Crippen LogP contribution is 2.21. The average Bonchev–Trinajstić information content (AvgIpc) is 3.19. The van der Waals surface area contributed by atoms with Gasteiger partial charge in [-0.05, 0) is 25.9 Å². The molecular formula is C17H23N3O. The molecule has 1 aliphatic heterocycles. The molecule has 112 valence electrons. The van der Waals surface area contributed by atoms with Crippen molar-refractivity contribution in [3.05, 3.63) is 42.1 Å². The Morgan fingerprint density at radius 2 is 2.19 bits per heavy atom. The number of aromatic nitrogens is 1. The fourth-order valence-corrected chi connectivity index (χ4v) is 2.96. The highest BCUT2D eigenvalue weighted by molar-refractivity contribution is 5.56. The van der Waals surface area contributed by atoms with Crippen molar-refractivity contribution in [2.45, 2.75) is 32.4 Å². The molecule has 0 bridgehead atoms. The van der Waals surface area contributed by atoms with E-state index in [1.165, 1.54) is 12.8 Å². The standard InChI is InChI=1S/C17H23N3O/c1-2-10-20(16-8-9-18-12-16)13-15-11-17(21-19-15)14-6-4-3-5-7-14/h3-7,11,16,18H,2,8-10,12-13H2,1H3. The number of rotatable bonds is 6. The van der Waals surface area contributed by atoms with Crippen molar-refractivity contribution in [1.29, 1.82) is 0 Å². The van der Waals surface area contributed by atoms with E-state index in [4.69, 9.17) is 4.52 Å². The van der Waals surface area contributed by atoms with E-state index in [9.17, 15) is 0 Å². The molecule has 1 unspecified atom stereocenters. The quantitative estimate of drug-likeness (QED) is 0.886. The molecular weight excluding hydrogens is 262 g/mol. The van der Waals surface area contributed by atoms with Gasteiger partial charge in [0.25, 0.3) is 0 Å². The monoisotopic (exact) mass is 285 g/mol. The molecule has 1 saturated heterocycles. The van der Waals surface area contributed by atoms with Crippen LogP contribution in [0.2, 0.25) is 0 Å². The Hall–Kier alpha value is -1.65. The summed E-state index contributed by atoms with van der Waals surface area (Å²) in [5, 5.41) is 7.69. The van der Waals surface area contributed by atoms with E-state index in [1.54, 1.807) is 0 Å². The fraction of sp³-hybridized carbons (Fsp3) is 0.471. The molecule has 0 spiro atoms. The molecule has 0 amide bonds. The summed E-state index contributed by atoms with van der Waals surface area (Å²) in [4.78, 5) is 2.52. The van der Waals surface area contributed by atoms with Gasteiger partial charge >= 0.3 is 0 Å². The summed E-state index contributed by atoms with van der Waals surface area (Å²) in [6.07, 6.45) is 2.39. The molecule has 1 fully saturated rings. The molecule has 2 aromatic rings. The molecule has 1 aromatic heterocycles. The Balaban J connectivity index is 1.70. The third kappa shape index (κ3) is 3.52. The van der Waals surface area contributed by atoms with Gasteiger partial charge in [0.2, 0.25) is 0 Å². The van der Waals surface area contributed by atoms with Crippen LogP contribution in [0.15, 0.2) is 40.9 Å². The van der Waals surface area contributed by atoms with Crippen LogP contribution in [-0.4, -0.2) is 35.7 Å². The largest absolute Gasteiger partial charge is 0.356 e. The topological polar surface area (TPSA) is 41.3 Å². The van der Waals surface area contributed by atoms with Gasteiger partial charge in [0, 0.05) is 30.8 Å². The van der Waals surface area contributed by atoms with Crippen LogP contribution in [0.3, 0.4) is 0 Å². The number of benzene rings is 1. The van der Waals surface area contributed by atoms with Gasteiger partial charge in [0.05, 0.1) is 5.69 Å². The van der Waals surface area contributed by atoms with Crippen molar-refractivity contribution >= 4 is 0 Å². The lowest BCUT2D eigenvalue weighted by atomic mass is 10.1. The fourth-order valence-electron chi connectivity index (χ4n) is 2.96. The van der Waals surface area contributed by atoms with Crippen LogP contribution in [0.1, 0.15) is 25.5 Å². The molecule has 1 atom stereocenters. The minimum absolute atomic E-state index is 0.627. The van der Waals surface area contributed by atoms with Gasteiger partial charge < -0.3 is 9.84 Å². The van der Waals surface area contributed by atoms with Gasteiger partial charge in [-0.25, -0.2) is 0 Å². The zero-order valence-electron chi connectivity index (χ0n) is 12.6. The lowest BCUT2D eigenvalue weighted by Crippen LogP contribution is -2.37. The lowest BCUT2D eigenvalue weighted by Gasteiger charge is -2.26. The van der Waals surface area contributed by atoms with Crippen LogP contribution in [0.25, 0.3) is 11.3 Å². The number of hydrogen-bond acceptors (Lipinski definition) is 4. The minimum Gasteiger partial charge on any atom is -0.356 e. The Bertz CT molecular complexity index is 546. The molecule has 0 saturated carbocycles. The molecule has 1 aliphatic rings. The van der Waals surface area contributed by atoms with E-state index >= 15 is 0 Å². The van der Waals surface area contributed by atoms with E-state index in [0.29, 0.717) is 6.04 Å². The van der Waals surface area contributed by atoms with Gasteiger partial charge in [0.15, 0.2) is 5.76 Å². The van der Waals surface area contributed by atoms with Crippen LogP contribution >= 0.6 is 0 Å². The molecule has 2 heterocycles. The summed E-state index contributed by atoms with van der Waals surface area (Å²) < 4.78 is 5.50. The first kappa shape index (κ1) is 14.3. The highest BCUT2D eigenvalue weighted by Gasteiger charge is 2.22. The van der Waals surface area contributed by atoms with Gasteiger partial charge in [-0.15, -0.1) is 0 Å². The first-order valence-corrected chi connectivity index (χ1v) is 7.82. The maximum absolute atomic E-state index is 5.50. The summed E-state index contributed by atoms with van der Waals surface area (Å²) >= 11 is 0. The second kappa shape index (κ2) is 6.87. The summed E-state index contributed by atoms with van der Waals surface area (Å²) in [6, 6.07) is 12.8. The van der Waals surface area contributed by atoms with Crippen LogP contribution in [0, 0.1) is 0 Å². The van der Waals surface area contributed by atoms with Gasteiger partial charge in [-0.3, -0.25) is 4.90 Å². The van der Waals surface area contributed by atoms with Crippen LogP contribution in [0.4, 0.5) is 0 Å². The Labute approximate surface area is 126 Å². The number of nitrogens with zero attached hydrogens (tertiary/aromatic N) is 2. The molecule has 21 heavy (non-hydrogen) atoms. The SMILES string of the molecule is CCCN(Cc1cc(-c2ccccc2)on1)C1CCNC1. The van der Waals surface area contributed by atoms with Crippen LogP contribution in [0.5, 0.6) is 0 Å². The van der Waals surface area contributed by atoms with Crippen molar-refractivity contribution in [3.8, 4) is 11.3 Å². The van der Waals surface area contributed by atoms with E-state index in [-0.39, 0.29) is 0 Å². The highest BCUT2D eigenvalue weighted by atomic mass is 16.5. The molecule has 0 radical (unpaired) electrons. The van der Waals surface area contributed by atoms with Crippen molar-refractivity contribution in [2.75, 3.05) is 19.6 Å². The summed E-state index contributed by atoms with van der Waals surface area (Å²) in [7, 11) is 0. The predicted octanol–water partition coefficient (Wildman–Crippen LogP) is 2.92. The zero-order valence-corrected chi connectivity index (χ0v) is 12.6. The second-order valence-electron chi connectivity index (χ2n) is 5.67. The van der Waals surface area contributed by atoms with Crippen LogP contribution < -0.4 is 5.32 Å². The van der Waals surface area contributed by atoms with Crippen molar-refractivity contribution < 1.29 is 4.52 Å². The lowest BCUT2D eigenvalue weighted by molar-refractivity contribution is 0.194. The molecule has 1 aromatic carbocycles. The molecule has 0 aliphatic carbocycles. The number of hydrogen-bond donors (Lipinski definition) is 1. The van der Waals surface area contributed by atoms with Crippen LogP contribution in [-0.2, 0) is 6.54 Å². The van der Waals surface area contributed by atoms with Crippen molar-refractivity contribution in [3.63, 3.8) is 0 Å². The summed E-state index contributed by atoms with van der Waals surface area (Å²) in [5.41, 5.74) is 2.11. The predicted molar refractivity (Wildman–Crippen MR) is 83.9 cm³/mol. The first-order chi connectivity index (χ1) is 10.4. The van der Waals surface area contributed by atoms with Crippen molar-refractivity contribution in [2.24, 2.45) is 0 Å². The van der Waals surface area contributed by atoms with Gasteiger partial charge in [0.1, 0.15) is 0 Å². The summed E-state index contributed by atoms with van der Waals surface area (Å²) in [6.45, 7) is 6.42. The number of nitrogens with one attached hydrogen (secondary N) is 1. The molecule has 1 N–H and O–H groups in total. The van der Waals surface area contributed by atoms with Crippen molar-refractivity contribution in [1.82, 2.24) is 15.4 Å². The Morgan fingerprint density at radius 1 is 1.33 bits per heavy atom. The maximum atomic E-state index is 5.50. The first-order valence-electron chi connectivity index (χ1n) is 7.82. The van der Waals surface area contributed by atoms with Gasteiger partial charge in [-0.2, -0.15) is 0 Å². The third-order valence-electron chi connectivity index (χ3n) is 4.04. The van der Waals surface area contributed by atoms with E-state index in [2.05, 4.69) is 40.5 Å². The van der Waals surface area contributed by atoms with E-state index in [0.717, 1.165) is 43.2 Å². The second-order valence-corrected chi connectivity index (χ2v) is 5.67. The third-order valence-corrected chi connectivity index (χ3v) is 4.04. The van der Waals surface area contributed by atoms with Gasteiger partial charge in [-0.1, -0.05) is 42.4 Å². The average molecular weight is 285 g/mol. The zero-order chi connectivity index (χ0) is 14.5. The Kier molecular flexibility index (Phi) is 4.68. The molecule has 3 rings (SSSR count). The minimum atomic E-state index is 0.627. The summed E-state index contributed by atoms with van der Waals surface area (Å²) in [5.74, 6) is 0.853. The molecule has 4 nitrogen and oxygen atoms in total. The smallest absolute Gasteiger partial charge is 0.167 e. The van der Waals surface area contributed by atoms with E-state index in [1.807, 2.05) is 18.2 Å². The maximum Gasteiger partial charge on any atom is 0.167 e. The Morgan fingerprint density at radius 3 is 2.90 bits per heavy atom. The normalized spacial score (nSPS) is 18.5.